The molecule has 1 unspecified atom stereocenters. The smallest absolute Gasteiger partial charge is 0.263 e. The minimum Gasteiger partial charge on any atom is -0.409 e. The Morgan fingerprint density at radius 2 is 2.26 bits per heavy atom. The van der Waals surface area contributed by atoms with Crippen LogP contribution in [0.25, 0.3) is 0 Å². The molecule has 1 aliphatic rings. The zero-order chi connectivity index (χ0) is 13.7. The van der Waals surface area contributed by atoms with Gasteiger partial charge in [0.15, 0.2) is 5.84 Å². The van der Waals surface area contributed by atoms with E-state index in [1.54, 1.807) is 5.51 Å². The number of nitrogens with zero attached hydrogens (tertiary/aromatic N) is 2. The predicted octanol–water partition coefficient (Wildman–Crippen LogP) is 1.57. The number of amides is 1. The van der Waals surface area contributed by atoms with E-state index in [1.807, 2.05) is 0 Å². The van der Waals surface area contributed by atoms with Crippen LogP contribution >= 0.6 is 11.3 Å². The topological polar surface area (TPSA) is 101 Å². The average Bonchev–Trinajstić information content (AvgIpc) is 2.99. The highest BCUT2D eigenvalue weighted by molar-refractivity contribution is 7.11. The Morgan fingerprint density at radius 1 is 1.53 bits per heavy atom. The summed E-state index contributed by atoms with van der Waals surface area (Å²) in [5.74, 6) is 0.0935. The third-order valence-electron chi connectivity index (χ3n) is 3.50. The van der Waals surface area contributed by atoms with Crippen molar-refractivity contribution in [3.63, 3.8) is 0 Å². The fourth-order valence-electron chi connectivity index (χ4n) is 2.50. The van der Waals surface area contributed by atoms with E-state index >= 15 is 0 Å². The number of amidine groups is 1. The fraction of sp³-hybridized carbons (Fsp3) is 0.583. The van der Waals surface area contributed by atoms with Crippen molar-refractivity contribution >= 4 is 23.1 Å². The molecule has 0 bridgehead atoms. The molecule has 19 heavy (non-hydrogen) atoms. The number of aromatic nitrogens is 1. The zero-order valence-electron chi connectivity index (χ0n) is 10.6. The van der Waals surface area contributed by atoms with Gasteiger partial charge in [0.05, 0.1) is 17.7 Å². The number of hydrogen-bond donors (Lipinski definition) is 3. The highest BCUT2D eigenvalue weighted by Crippen LogP contribution is 2.27. The molecule has 1 saturated carbocycles. The first-order valence-corrected chi connectivity index (χ1v) is 7.27. The maximum Gasteiger partial charge on any atom is 0.263 e. The van der Waals surface area contributed by atoms with Gasteiger partial charge in [-0.1, -0.05) is 24.4 Å². The van der Waals surface area contributed by atoms with Crippen molar-refractivity contribution in [2.75, 3.05) is 0 Å². The van der Waals surface area contributed by atoms with Crippen molar-refractivity contribution in [2.45, 2.75) is 38.1 Å². The average molecular weight is 282 g/mol. The minimum absolute atomic E-state index is 0.0739. The van der Waals surface area contributed by atoms with Crippen LogP contribution in [0.1, 0.15) is 41.8 Å². The van der Waals surface area contributed by atoms with E-state index in [0.717, 1.165) is 25.7 Å². The van der Waals surface area contributed by atoms with E-state index < -0.39 is 6.04 Å². The largest absolute Gasteiger partial charge is 0.409 e. The summed E-state index contributed by atoms with van der Waals surface area (Å²) in [5.41, 5.74) is 7.33. The Bertz CT molecular complexity index is 441. The van der Waals surface area contributed by atoms with Gasteiger partial charge in [0.1, 0.15) is 4.88 Å². The summed E-state index contributed by atoms with van der Waals surface area (Å²) in [6.45, 7) is 0. The monoisotopic (exact) mass is 282 g/mol. The molecule has 0 spiro atoms. The Balaban J connectivity index is 2.07. The predicted molar refractivity (Wildman–Crippen MR) is 73.4 cm³/mol. The number of nitrogens with two attached hydrogens (primary N) is 1. The molecule has 1 aromatic rings. The lowest BCUT2D eigenvalue weighted by atomic mass is 9.83. The number of thiazole rings is 1. The van der Waals surface area contributed by atoms with Crippen LogP contribution in [-0.4, -0.2) is 28.0 Å². The number of carbonyl (C=O) groups is 1. The van der Waals surface area contributed by atoms with Gasteiger partial charge in [-0.15, -0.1) is 11.3 Å². The van der Waals surface area contributed by atoms with Gasteiger partial charge in [-0.25, -0.2) is 0 Å². The van der Waals surface area contributed by atoms with Gasteiger partial charge >= 0.3 is 0 Å². The Hall–Kier alpha value is -1.63. The van der Waals surface area contributed by atoms with Crippen molar-refractivity contribution < 1.29 is 10.0 Å². The second-order valence-corrected chi connectivity index (χ2v) is 5.63. The van der Waals surface area contributed by atoms with Crippen LogP contribution in [-0.2, 0) is 0 Å². The summed E-state index contributed by atoms with van der Waals surface area (Å²) < 4.78 is 0. The second kappa shape index (κ2) is 6.51. The molecular weight excluding hydrogens is 264 g/mol. The van der Waals surface area contributed by atoms with Gasteiger partial charge in [-0.2, -0.15) is 0 Å². The molecule has 4 N–H and O–H groups in total. The van der Waals surface area contributed by atoms with Crippen molar-refractivity contribution in [3.05, 3.63) is 16.6 Å². The standard InChI is InChI=1S/C12H18N4O2S/c13-11(16-18)10(8-4-2-1-3-5-8)15-12(17)9-6-14-7-19-9/h6-8,10,18H,1-5H2,(H2,13,16)(H,15,17). The lowest BCUT2D eigenvalue weighted by Gasteiger charge is -2.29. The zero-order valence-corrected chi connectivity index (χ0v) is 11.4. The third kappa shape index (κ3) is 3.44. The maximum absolute atomic E-state index is 12.0. The molecule has 0 saturated heterocycles. The normalized spacial score (nSPS) is 19.1. The molecule has 1 aliphatic carbocycles. The molecule has 1 heterocycles. The highest BCUT2D eigenvalue weighted by Gasteiger charge is 2.29. The van der Waals surface area contributed by atoms with Gasteiger partial charge in [-0.05, 0) is 18.8 Å². The van der Waals surface area contributed by atoms with Crippen LogP contribution in [0.2, 0.25) is 0 Å². The summed E-state index contributed by atoms with van der Waals surface area (Å²) in [5, 5.41) is 14.8. The number of rotatable bonds is 4. The number of nitrogens with one attached hydrogen (secondary N) is 1. The summed E-state index contributed by atoms with van der Waals surface area (Å²) in [7, 11) is 0. The molecule has 1 aromatic heterocycles. The second-order valence-electron chi connectivity index (χ2n) is 4.74. The maximum atomic E-state index is 12.0. The summed E-state index contributed by atoms with van der Waals surface area (Å²) in [4.78, 5) is 16.5. The molecule has 1 fully saturated rings. The van der Waals surface area contributed by atoms with E-state index in [-0.39, 0.29) is 17.7 Å². The van der Waals surface area contributed by atoms with Gasteiger partial charge in [0.25, 0.3) is 5.91 Å². The first-order chi connectivity index (χ1) is 9.22. The number of carbonyl (C=O) groups excluding carboxylic acids is 1. The molecule has 0 aliphatic heterocycles. The van der Waals surface area contributed by atoms with E-state index in [2.05, 4.69) is 15.5 Å². The summed E-state index contributed by atoms with van der Waals surface area (Å²) >= 11 is 1.27. The van der Waals surface area contributed by atoms with E-state index in [1.165, 1.54) is 24.0 Å². The van der Waals surface area contributed by atoms with Crippen LogP contribution in [0.4, 0.5) is 0 Å². The van der Waals surface area contributed by atoms with Crippen molar-refractivity contribution in [1.29, 1.82) is 0 Å². The first kappa shape index (κ1) is 13.8. The van der Waals surface area contributed by atoms with Gasteiger partial charge in [-0.3, -0.25) is 9.78 Å². The van der Waals surface area contributed by atoms with Crippen molar-refractivity contribution in [2.24, 2.45) is 16.8 Å². The quantitative estimate of drug-likeness (QED) is 0.338. The van der Waals surface area contributed by atoms with Gasteiger partial charge < -0.3 is 16.3 Å². The van der Waals surface area contributed by atoms with E-state index in [0.29, 0.717) is 4.88 Å². The molecule has 7 heteroatoms. The Morgan fingerprint density at radius 3 is 2.84 bits per heavy atom. The molecule has 2 rings (SSSR count). The molecule has 0 radical (unpaired) electrons. The summed E-state index contributed by atoms with van der Waals surface area (Å²) in [6.07, 6.45) is 6.95. The Kier molecular flexibility index (Phi) is 4.73. The summed E-state index contributed by atoms with van der Waals surface area (Å²) in [6, 6.07) is -0.403. The molecule has 104 valence electrons. The third-order valence-corrected chi connectivity index (χ3v) is 4.27. The lowest BCUT2D eigenvalue weighted by Crippen LogP contribution is -2.49. The van der Waals surface area contributed by atoms with E-state index in [4.69, 9.17) is 10.9 Å². The number of hydrogen-bond acceptors (Lipinski definition) is 5. The molecule has 1 atom stereocenters. The van der Waals surface area contributed by atoms with Gasteiger partial charge in [0, 0.05) is 0 Å². The van der Waals surface area contributed by atoms with E-state index in [9.17, 15) is 4.79 Å². The molecule has 6 nitrogen and oxygen atoms in total. The van der Waals surface area contributed by atoms with Crippen molar-refractivity contribution in [1.82, 2.24) is 10.3 Å². The fourth-order valence-corrected chi connectivity index (χ4v) is 3.03. The molecule has 0 aromatic carbocycles. The lowest BCUT2D eigenvalue weighted by molar-refractivity contribution is 0.0934. The highest BCUT2D eigenvalue weighted by atomic mass is 32.1. The van der Waals surface area contributed by atoms with Gasteiger partial charge in [0.2, 0.25) is 0 Å². The van der Waals surface area contributed by atoms with Crippen LogP contribution in [0.5, 0.6) is 0 Å². The van der Waals surface area contributed by atoms with Crippen LogP contribution in [0.15, 0.2) is 16.9 Å². The van der Waals surface area contributed by atoms with Crippen LogP contribution < -0.4 is 11.1 Å². The van der Waals surface area contributed by atoms with Crippen LogP contribution in [0.3, 0.4) is 0 Å². The van der Waals surface area contributed by atoms with Crippen molar-refractivity contribution in [3.8, 4) is 0 Å². The molecule has 1 amide bonds. The molecular formula is C12H18N4O2S. The number of oxime groups is 1. The first-order valence-electron chi connectivity index (χ1n) is 6.39. The minimum atomic E-state index is -0.403. The van der Waals surface area contributed by atoms with Crippen LogP contribution in [0, 0.1) is 5.92 Å². The SMILES string of the molecule is NC(=NO)C(NC(=O)c1cncs1)C1CCCCC1. The Labute approximate surface area is 115 Å².